The Bertz CT molecular complexity index is 842. The molecule has 3 aromatic rings. The van der Waals surface area contributed by atoms with E-state index in [1.54, 1.807) is 6.07 Å². The minimum Gasteiger partial charge on any atom is -0.490 e. The highest BCUT2D eigenvalue weighted by atomic mass is 19.2. The van der Waals surface area contributed by atoms with Gasteiger partial charge in [0.2, 0.25) is 5.82 Å². The highest BCUT2D eigenvalue weighted by molar-refractivity contribution is 5.63. The molecule has 0 aliphatic carbocycles. The zero-order valence-corrected chi connectivity index (χ0v) is 14.8. The Morgan fingerprint density at radius 1 is 0.731 bits per heavy atom. The first-order valence-electron chi connectivity index (χ1n) is 8.93. The van der Waals surface area contributed by atoms with Crippen molar-refractivity contribution in [3.8, 4) is 16.9 Å². The topological polar surface area (TPSA) is 9.23 Å². The Labute approximate surface area is 153 Å². The maximum Gasteiger partial charge on any atom is 0.200 e. The molecule has 0 atom stereocenters. The fourth-order valence-electron chi connectivity index (χ4n) is 2.86. The molecule has 3 aromatic carbocycles. The number of hydrogen-bond acceptors (Lipinski definition) is 1. The van der Waals surface area contributed by atoms with Gasteiger partial charge in [0.25, 0.3) is 0 Å². The molecular weight excluding hydrogens is 330 g/mol. The SMILES string of the molecule is CCCOc1ccc(CCc2ccc(-c3ccccc3)cc2)c(F)c1F. The molecule has 0 radical (unpaired) electrons. The molecule has 0 fully saturated rings. The lowest BCUT2D eigenvalue weighted by Crippen LogP contribution is -2.03. The van der Waals surface area contributed by atoms with Gasteiger partial charge in [-0.15, -0.1) is 0 Å². The highest BCUT2D eigenvalue weighted by Gasteiger charge is 2.14. The Hall–Kier alpha value is -2.68. The number of halogens is 2. The maximum absolute atomic E-state index is 14.2. The lowest BCUT2D eigenvalue weighted by atomic mass is 10.00. The van der Waals surface area contributed by atoms with Crippen LogP contribution in [0.25, 0.3) is 11.1 Å². The summed E-state index contributed by atoms with van der Waals surface area (Å²) in [5.41, 5.74) is 3.77. The van der Waals surface area contributed by atoms with E-state index < -0.39 is 11.6 Å². The molecule has 0 N–H and O–H groups in total. The fraction of sp³-hybridized carbons (Fsp3) is 0.217. The van der Waals surface area contributed by atoms with Crippen molar-refractivity contribution in [3.63, 3.8) is 0 Å². The molecule has 3 rings (SSSR count). The second kappa shape index (κ2) is 8.61. The molecule has 1 nitrogen and oxygen atoms in total. The van der Waals surface area contributed by atoms with Gasteiger partial charge in [-0.1, -0.05) is 67.6 Å². The van der Waals surface area contributed by atoms with Gasteiger partial charge < -0.3 is 4.74 Å². The summed E-state index contributed by atoms with van der Waals surface area (Å²) in [6, 6.07) is 21.5. The standard InChI is InChI=1S/C23H22F2O/c1-2-16-26-21-15-14-20(22(24)23(21)25)13-10-17-8-11-19(12-9-17)18-6-4-3-5-7-18/h3-9,11-12,14-15H,2,10,13,16H2,1H3. The number of rotatable bonds is 7. The van der Waals surface area contributed by atoms with Crippen molar-refractivity contribution < 1.29 is 13.5 Å². The van der Waals surface area contributed by atoms with Crippen molar-refractivity contribution >= 4 is 0 Å². The molecule has 0 bridgehead atoms. The van der Waals surface area contributed by atoms with Crippen LogP contribution in [0.1, 0.15) is 24.5 Å². The summed E-state index contributed by atoms with van der Waals surface area (Å²) in [5.74, 6) is -1.71. The molecule has 134 valence electrons. The van der Waals surface area contributed by atoms with E-state index in [1.807, 2.05) is 37.3 Å². The van der Waals surface area contributed by atoms with Gasteiger partial charge in [-0.05, 0) is 47.6 Å². The second-order valence-corrected chi connectivity index (χ2v) is 6.26. The third-order valence-corrected chi connectivity index (χ3v) is 4.33. The number of hydrogen-bond donors (Lipinski definition) is 0. The number of ether oxygens (including phenoxy) is 1. The second-order valence-electron chi connectivity index (χ2n) is 6.26. The lowest BCUT2D eigenvalue weighted by Gasteiger charge is -2.10. The smallest absolute Gasteiger partial charge is 0.200 e. The molecule has 0 amide bonds. The average molecular weight is 352 g/mol. The van der Waals surface area contributed by atoms with Crippen molar-refractivity contribution in [2.75, 3.05) is 6.61 Å². The van der Waals surface area contributed by atoms with Crippen LogP contribution in [0.2, 0.25) is 0 Å². The monoisotopic (exact) mass is 352 g/mol. The maximum atomic E-state index is 14.2. The quantitative estimate of drug-likeness (QED) is 0.491. The molecule has 0 unspecified atom stereocenters. The van der Waals surface area contributed by atoms with Crippen LogP contribution in [0.4, 0.5) is 8.78 Å². The predicted molar refractivity (Wildman–Crippen MR) is 101 cm³/mol. The molecular formula is C23H22F2O. The van der Waals surface area contributed by atoms with Crippen molar-refractivity contribution in [3.05, 3.63) is 89.5 Å². The highest BCUT2D eigenvalue weighted by Crippen LogP contribution is 2.24. The van der Waals surface area contributed by atoms with E-state index in [-0.39, 0.29) is 5.75 Å². The minimum absolute atomic E-state index is 0.0136. The van der Waals surface area contributed by atoms with Crippen LogP contribution in [-0.4, -0.2) is 6.61 Å². The van der Waals surface area contributed by atoms with Gasteiger partial charge in [-0.3, -0.25) is 0 Å². The van der Waals surface area contributed by atoms with Crippen LogP contribution in [-0.2, 0) is 12.8 Å². The zero-order chi connectivity index (χ0) is 18.4. The Morgan fingerprint density at radius 2 is 1.42 bits per heavy atom. The number of benzene rings is 3. The van der Waals surface area contributed by atoms with E-state index in [0.717, 1.165) is 23.1 Å². The van der Waals surface area contributed by atoms with Crippen LogP contribution in [0, 0.1) is 11.6 Å². The Kier molecular flexibility index (Phi) is 6.00. The molecule has 0 saturated heterocycles. The van der Waals surface area contributed by atoms with E-state index in [0.29, 0.717) is 25.0 Å². The molecule has 26 heavy (non-hydrogen) atoms. The van der Waals surface area contributed by atoms with E-state index in [2.05, 4.69) is 24.3 Å². The van der Waals surface area contributed by atoms with Gasteiger partial charge in [0.1, 0.15) is 0 Å². The minimum atomic E-state index is -0.893. The normalized spacial score (nSPS) is 10.7. The summed E-state index contributed by atoms with van der Waals surface area (Å²) >= 11 is 0. The van der Waals surface area contributed by atoms with Gasteiger partial charge in [-0.2, -0.15) is 4.39 Å². The molecule has 0 aliphatic rings. The molecule has 0 aliphatic heterocycles. The van der Waals surface area contributed by atoms with Gasteiger partial charge in [0, 0.05) is 0 Å². The zero-order valence-electron chi connectivity index (χ0n) is 14.8. The first kappa shape index (κ1) is 18.1. The largest absolute Gasteiger partial charge is 0.490 e. The van der Waals surface area contributed by atoms with E-state index in [4.69, 9.17) is 4.74 Å². The van der Waals surface area contributed by atoms with Crippen molar-refractivity contribution in [2.45, 2.75) is 26.2 Å². The molecule has 0 spiro atoms. The summed E-state index contributed by atoms with van der Waals surface area (Å²) in [4.78, 5) is 0. The Morgan fingerprint density at radius 3 is 2.12 bits per heavy atom. The van der Waals surface area contributed by atoms with Crippen LogP contribution >= 0.6 is 0 Å². The van der Waals surface area contributed by atoms with E-state index in [1.165, 1.54) is 6.07 Å². The molecule has 0 heterocycles. The summed E-state index contributed by atoms with van der Waals surface area (Å²) in [5, 5.41) is 0. The first-order valence-corrected chi connectivity index (χ1v) is 8.93. The summed E-state index contributed by atoms with van der Waals surface area (Å²) < 4.78 is 33.5. The van der Waals surface area contributed by atoms with Crippen molar-refractivity contribution in [1.29, 1.82) is 0 Å². The van der Waals surface area contributed by atoms with Crippen molar-refractivity contribution in [2.24, 2.45) is 0 Å². The third kappa shape index (κ3) is 4.29. The van der Waals surface area contributed by atoms with E-state index in [9.17, 15) is 8.78 Å². The lowest BCUT2D eigenvalue weighted by molar-refractivity contribution is 0.294. The third-order valence-electron chi connectivity index (χ3n) is 4.33. The van der Waals surface area contributed by atoms with Crippen LogP contribution in [0.15, 0.2) is 66.7 Å². The molecule has 3 heteroatoms. The average Bonchev–Trinajstić information content (AvgIpc) is 2.69. The number of aryl methyl sites for hydroxylation is 2. The molecule has 0 aromatic heterocycles. The first-order chi connectivity index (χ1) is 12.7. The van der Waals surface area contributed by atoms with Crippen LogP contribution in [0.5, 0.6) is 5.75 Å². The van der Waals surface area contributed by atoms with Crippen molar-refractivity contribution in [1.82, 2.24) is 0 Å². The summed E-state index contributed by atoms with van der Waals surface area (Å²) in [6.07, 6.45) is 1.85. The fourth-order valence-corrected chi connectivity index (χ4v) is 2.86. The summed E-state index contributed by atoms with van der Waals surface area (Å²) in [7, 11) is 0. The van der Waals surface area contributed by atoms with Gasteiger partial charge in [0.15, 0.2) is 11.6 Å². The van der Waals surface area contributed by atoms with Gasteiger partial charge in [0.05, 0.1) is 6.61 Å². The van der Waals surface area contributed by atoms with Crippen LogP contribution in [0.3, 0.4) is 0 Å². The molecule has 0 saturated carbocycles. The van der Waals surface area contributed by atoms with Crippen LogP contribution < -0.4 is 4.74 Å². The van der Waals surface area contributed by atoms with Gasteiger partial charge in [-0.25, -0.2) is 4.39 Å². The van der Waals surface area contributed by atoms with E-state index >= 15 is 0 Å². The summed E-state index contributed by atoms with van der Waals surface area (Å²) in [6.45, 7) is 2.30. The Balaban J connectivity index is 1.66. The predicted octanol–water partition coefficient (Wildman–Crippen LogP) is 6.21. The van der Waals surface area contributed by atoms with Gasteiger partial charge >= 0.3 is 0 Å².